The average molecular weight is 637 g/mol. The van der Waals surface area contributed by atoms with Crippen molar-refractivity contribution in [2.75, 3.05) is 5.32 Å². The molecule has 0 saturated heterocycles. The number of fused-ring (bicyclic) bond motifs is 1. The summed E-state index contributed by atoms with van der Waals surface area (Å²) in [6.07, 6.45) is -1.31. The van der Waals surface area contributed by atoms with Gasteiger partial charge in [-0.1, -0.05) is 12.1 Å². The molecule has 0 unspecified atom stereocenters. The molecule has 208 valence electrons. The molecule has 3 N–H and O–H groups in total. The van der Waals surface area contributed by atoms with Crippen LogP contribution in [0.15, 0.2) is 73.7 Å². The Balaban J connectivity index is 0.00000308. The fraction of sp³-hybridized carbons (Fsp3) is 0.0476. The molecule has 4 aromatic rings. The minimum Gasteiger partial charge on any atom is -0.862 e. The van der Waals surface area contributed by atoms with Crippen molar-refractivity contribution in [1.82, 2.24) is 15.0 Å². The van der Waals surface area contributed by atoms with Gasteiger partial charge in [-0.15, -0.1) is 5.11 Å². The van der Waals surface area contributed by atoms with Crippen molar-refractivity contribution in [2.24, 2.45) is 15.4 Å². The first-order valence-electron chi connectivity index (χ1n) is 10.5. The van der Waals surface area contributed by atoms with Gasteiger partial charge < -0.3 is 20.4 Å². The standard InChI is InChI=1S/C21H16FN7O9S2.2Na/c1-10(30)23-15-8-11(24-20-25-19(22)26-21(31)27-20)5-6-16(15)38-29-28-12-7-14-13(18(9-12)40(35,36)37)3-2-4-17(14)39(32,33)34;;/h2-9H,1H3,(H,23,30)(H,32,33,34)(H,35,36,37)(H2,24,25,26,27,31);;/q;2*+1/p-2. The van der Waals surface area contributed by atoms with Gasteiger partial charge in [0.2, 0.25) is 5.95 Å². The molecular formula is C21H14FN7Na2O9S2. The molecule has 21 heteroatoms. The normalized spacial score (nSPS) is 12.0. The van der Waals surface area contributed by atoms with Crippen LogP contribution in [0.4, 0.5) is 27.4 Å². The number of nitrogens with one attached hydrogen (secondary N) is 1. The minimum atomic E-state index is -4.88. The number of hydrogen-bond acceptors (Lipinski definition) is 14. The fourth-order valence-corrected chi connectivity index (χ4v) is 4.79. The molecule has 0 saturated carbocycles. The Hall–Kier alpha value is -2.85. The molecule has 0 amide bonds. The van der Waals surface area contributed by atoms with Crippen LogP contribution in [-0.4, -0.2) is 46.8 Å². The first kappa shape index (κ1) is 35.3. The first-order valence-corrected chi connectivity index (χ1v) is 13.4. The van der Waals surface area contributed by atoms with Gasteiger partial charge in [0.15, 0.2) is 5.75 Å². The second-order valence-electron chi connectivity index (χ2n) is 7.67. The van der Waals surface area contributed by atoms with E-state index in [4.69, 9.17) is 4.84 Å². The third-order valence-corrected chi connectivity index (χ3v) is 6.64. The van der Waals surface area contributed by atoms with E-state index < -0.39 is 54.0 Å². The largest absolute Gasteiger partial charge is 1.00 e. The van der Waals surface area contributed by atoms with Gasteiger partial charge in [0, 0.05) is 21.7 Å². The molecule has 3 aromatic carbocycles. The maximum atomic E-state index is 13.3. The molecule has 0 atom stereocenters. The van der Waals surface area contributed by atoms with Gasteiger partial charge >= 0.3 is 65.2 Å². The smallest absolute Gasteiger partial charge is 0.862 e. The quantitative estimate of drug-likeness (QED) is 0.0416. The second-order valence-corrected chi connectivity index (χ2v) is 10.4. The average Bonchev–Trinajstić information content (AvgIpc) is 2.82. The molecule has 0 aliphatic carbocycles. The van der Waals surface area contributed by atoms with Crippen molar-refractivity contribution in [1.29, 1.82) is 0 Å². The topological polar surface area (TPSA) is 252 Å². The van der Waals surface area contributed by atoms with Crippen LogP contribution in [0.2, 0.25) is 0 Å². The number of aromatic nitrogens is 3. The molecule has 0 spiro atoms. The van der Waals surface area contributed by atoms with E-state index in [1.54, 1.807) is 0 Å². The van der Waals surface area contributed by atoms with E-state index in [0.717, 1.165) is 25.1 Å². The molecule has 16 nitrogen and oxygen atoms in total. The zero-order valence-electron chi connectivity index (χ0n) is 21.7. The summed E-state index contributed by atoms with van der Waals surface area (Å²) >= 11 is 0. The maximum Gasteiger partial charge on any atom is 1.00 e. The third-order valence-electron chi connectivity index (χ3n) is 4.83. The Morgan fingerprint density at radius 1 is 0.952 bits per heavy atom. The molecule has 0 fully saturated rings. The number of nitrogens with zero attached hydrogens (tertiary/aromatic N) is 6. The number of aliphatic imine (C=N–C) groups is 1. The van der Waals surface area contributed by atoms with E-state index in [0.29, 0.717) is 0 Å². The van der Waals surface area contributed by atoms with Crippen LogP contribution < -0.4 is 79.5 Å². The fourth-order valence-electron chi connectivity index (χ4n) is 3.36. The van der Waals surface area contributed by atoms with E-state index in [9.17, 15) is 40.5 Å². The molecule has 0 radical (unpaired) electrons. The summed E-state index contributed by atoms with van der Waals surface area (Å²) in [7, 11) is -9.68. The predicted octanol–water partition coefficient (Wildman–Crippen LogP) is -4.03. The Labute approximate surface area is 280 Å². The summed E-state index contributed by atoms with van der Waals surface area (Å²) in [5, 5.41) is 32.1. The van der Waals surface area contributed by atoms with E-state index >= 15 is 0 Å². The van der Waals surface area contributed by atoms with Crippen LogP contribution in [0.25, 0.3) is 10.8 Å². The Kier molecular flexibility index (Phi) is 11.9. The van der Waals surface area contributed by atoms with Gasteiger partial charge in [0.1, 0.15) is 15.5 Å². The second kappa shape index (κ2) is 14.1. The van der Waals surface area contributed by atoms with Gasteiger partial charge in [-0.25, -0.2) is 4.98 Å². The van der Waals surface area contributed by atoms with Gasteiger partial charge in [-0.2, -0.15) is 31.2 Å². The summed E-state index contributed by atoms with van der Waals surface area (Å²) in [6, 6.07) is 8.04. The third kappa shape index (κ3) is 8.83. The van der Waals surface area contributed by atoms with Crippen LogP contribution in [0.5, 0.6) is 11.8 Å². The summed E-state index contributed by atoms with van der Waals surface area (Å²) in [5.74, 6) is -1.22. The van der Waals surface area contributed by atoms with Crippen molar-refractivity contribution >= 4 is 59.9 Å². The van der Waals surface area contributed by atoms with Crippen molar-refractivity contribution < 1.29 is 104 Å². The number of hydrogen-bond donors (Lipinski definition) is 3. The number of anilines is 2. The van der Waals surface area contributed by atoms with Crippen molar-refractivity contribution in [3.63, 3.8) is 0 Å². The summed E-state index contributed by atoms with van der Waals surface area (Å²) < 4.78 is 79.9. The number of rotatable bonds is 8. The van der Waals surface area contributed by atoms with Gasteiger partial charge in [-0.05, 0) is 49.2 Å². The zero-order valence-corrected chi connectivity index (χ0v) is 27.4. The molecule has 4 rings (SSSR count). The summed E-state index contributed by atoms with van der Waals surface area (Å²) in [5.41, 5.74) is -0.261. The molecule has 42 heavy (non-hydrogen) atoms. The van der Waals surface area contributed by atoms with E-state index in [1.165, 1.54) is 30.3 Å². The van der Waals surface area contributed by atoms with E-state index in [2.05, 4.69) is 35.7 Å². The Morgan fingerprint density at radius 3 is 2.26 bits per heavy atom. The molecule has 0 aliphatic heterocycles. The molecule has 1 heterocycles. The molecule has 1 aromatic heterocycles. The summed E-state index contributed by atoms with van der Waals surface area (Å²) in [6.45, 7) is 1.13. The van der Waals surface area contributed by atoms with Crippen molar-refractivity contribution in [2.45, 2.75) is 16.7 Å². The zero-order chi connectivity index (χ0) is 29.2. The number of benzene rings is 3. The van der Waals surface area contributed by atoms with E-state index in [1.807, 2.05) is 0 Å². The Morgan fingerprint density at radius 2 is 1.64 bits per heavy atom. The van der Waals surface area contributed by atoms with Gasteiger partial charge in [-0.3, -0.25) is 14.1 Å². The number of halogens is 1. The first-order chi connectivity index (χ1) is 18.7. The molecule has 0 bridgehead atoms. The van der Waals surface area contributed by atoms with Crippen LogP contribution in [0.1, 0.15) is 6.92 Å². The van der Waals surface area contributed by atoms with Crippen LogP contribution >= 0.6 is 0 Å². The summed E-state index contributed by atoms with van der Waals surface area (Å²) in [4.78, 5) is 17.1. The SMILES string of the molecule is CC([O-])=Nc1cc(Nc2nc([O-])nc(F)n2)ccc1ON=Nc1cc(S(=O)(=O)O)c2cccc(S(=O)(=O)O)c2c1.[Na+].[Na+]. The van der Waals surface area contributed by atoms with Gasteiger partial charge in [0.05, 0.1) is 11.7 Å². The predicted molar refractivity (Wildman–Crippen MR) is 130 cm³/mol. The van der Waals surface area contributed by atoms with Crippen LogP contribution in [-0.2, 0) is 20.2 Å². The Bertz CT molecular complexity index is 1900. The molecular weight excluding hydrogens is 623 g/mol. The van der Waals surface area contributed by atoms with Gasteiger partial charge in [0.25, 0.3) is 20.2 Å². The van der Waals surface area contributed by atoms with E-state index in [-0.39, 0.29) is 92.7 Å². The van der Waals surface area contributed by atoms with Crippen LogP contribution in [0, 0.1) is 6.08 Å². The van der Waals surface area contributed by atoms with Crippen molar-refractivity contribution in [3.8, 4) is 11.8 Å². The monoisotopic (exact) mass is 637 g/mol. The van der Waals surface area contributed by atoms with Crippen molar-refractivity contribution in [3.05, 3.63) is 54.6 Å². The molecule has 0 aliphatic rings. The maximum absolute atomic E-state index is 13.3. The minimum absolute atomic E-state index is 0. The van der Waals surface area contributed by atoms with Crippen LogP contribution in [0.3, 0.4) is 0 Å².